The first-order chi connectivity index (χ1) is 12.9. The number of benzene rings is 1. The third kappa shape index (κ3) is 3.35. The lowest BCUT2D eigenvalue weighted by Crippen LogP contribution is -2.36. The molecule has 1 saturated carbocycles. The Balaban J connectivity index is 1.51. The van der Waals surface area contributed by atoms with Gasteiger partial charge >= 0.3 is 5.97 Å². The van der Waals surface area contributed by atoms with E-state index in [2.05, 4.69) is 10.4 Å². The van der Waals surface area contributed by atoms with Crippen LogP contribution in [0.3, 0.4) is 0 Å². The summed E-state index contributed by atoms with van der Waals surface area (Å²) in [6.07, 6.45) is 6.14. The summed E-state index contributed by atoms with van der Waals surface area (Å²) in [5, 5.41) is 17.4. The highest BCUT2D eigenvalue weighted by molar-refractivity contribution is 6.33. The van der Waals surface area contributed by atoms with Gasteiger partial charge in [0, 0.05) is 11.2 Å². The van der Waals surface area contributed by atoms with Gasteiger partial charge in [-0.05, 0) is 29.9 Å². The van der Waals surface area contributed by atoms with E-state index in [1.807, 2.05) is 30.4 Å². The number of anilines is 1. The number of allylic oxidation sites excluding steroid dienone is 2. The third-order valence-electron chi connectivity index (χ3n) is 5.30. The molecule has 1 fully saturated rings. The number of halogens is 2. The molecule has 4 atom stereocenters. The molecule has 0 spiro atoms. The van der Waals surface area contributed by atoms with Crippen molar-refractivity contribution in [2.45, 2.75) is 13.0 Å². The highest BCUT2D eigenvalue weighted by Gasteiger charge is 2.51. The number of hydrogen-bond acceptors (Lipinski definition) is 3. The second-order valence-electron chi connectivity index (χ2n) is 6.94. The maximum Gasteiger partial charge on any atom is 0.307 e. The molecule has 1 aromatic heterocycles. The van der Waals surface area contributed by atoms with E-state index in [0.717, 1.165) is 5.56 Å². The second kappa shape index (κ2) is 7.02. The molecule has 8 heteroatoms. The highest BCUT2D eigenvalue weighted by atomic mass is 35.5. The molecule has 1 heterocycles. The number of aromatic nitrogens is 2. The summed E-state index contributed by atoms with van der Waals surface area (Å²) < 4.78 is 1.59. The molecule has 2 N–H and O–H groups in total. The summed E-state index contributed by atoms with van der Waals surface area (Å²) in [6, 6.07) is 7.40. The molecule has 2 bridgehead atoms. The van der Waals surface area contributed by atoms with Crippen molar-refractivity contribution in [3.8, 4) is 0 Å². The topological polar surface area (TPSA) is 84.2 Å². The first kappa shape index (κ1) is 18.1. The fourth-order valence-electron chi connectivity index (χ4n) is 4.08. The monoisotopic (exact) mass is 405 g/mol. The van der Waals surface area contributed by atoms with E-state index in [0.29, 0.717) is 23.0 Å². The SMILES string of the molecule is O=C(O)[C@@H]1[C@@H](C(=O)Nc2nn(Cc3ccccc3Cl)cc2Cl)[C@H]2C=C[C@@H]1C2. The van der Waals surface area contributed by atoms with Crippen LogP contribution in [0, 0.1) is 23.7 Å². The lowest BCUT2D eigenvalue weighted by Gasteiger charge is -2.23. The number of rotatable bonds is 5. The molecule has 27 heavy (non-hydrogen) atoms. The molecule has 0 unspecified atom stereocenters. The van der Waals surface area contributed by atoms with Crippen molar-refractivity contribution in [2.24, 2.45) is 23.7 Å². The average Bonchev–Trinajstić information content (AvgIpc) is 3.32. The van der Waals surface area contributed by atoms with E-state index in [1.54, 1.807) is 16.9 Å². The van der Waals surface area contributed by atoms with E-state index < -0.39 is 17.8 Å². The predicted octanol–water partition coefficient (Wildman–Crippen LogP) is 3.70. The zero-order valence-electron chi connectivity index (χ0n) is 14.2. The van der Waals surface area contributed by atoms with Crippen LogP contribution in [0.4, 0.5) is 5.82 Å². The van der Waals surface area contributed by atoms with Gasteiger partial charge in [0.25, 0.3) is 0 Å². The van der Waals surface area contributed by atoms with Crippen LogP contribution < -0.4 is 5.32 Å². The van der Waals surface area contributed by atoms with Gasteiger partial charge in [-0.15, -0.1) is 0 Å². The lowest BCUT2D eigenvalue weighted by molar-refractivity contribution is -0.146. The molecule has 140 valence electrons. The maximum absolute atomic E-state index is 12.8. The van der Waals surface area contributed by atoms with E-state index in [4.69, 9.17) is 23.2 Å². The van der Waals surface area contributed by atoms with Gasteiger partial charge in [-0.1, -0.05) is 53.6 Å². The smallest absolute Gasteiger partial charge is 0.307 e. The fourth-order valence-corrected chi connectivity index (χ4v) is 4.47. The number of amides is 1. The van der Waals surface area contributed by atoms with Crippen molar-refractivity contribution in [3.05, 3.63) is 58.2 Å². The van der Waals surface area contributed by atoms with E-state index in [-0.39, 0.29) is 23.6 Å². The van der Waals surface area contributed by atoms with E-state index in [9.17, 15) is 14.7 Å². The van der Waals surface area contributed by atoms with Crippen molar-refractivity contribution >= 4 is 40.9 Å². The van der Waals surface area contributed by atoms with Gasteiger partial charge in [-0.25, -0.2) is 0 Å². The van der Waals surface area contributed by atoms with Gasteiger partial charge in [0.2, 0.25) is 5.91 Å². The molecular formula is C19H17Cl2N3O3. The molecule has 2 aromatic rings. The van der Waals surface area contributed by atoms with Crippen molar-refractivity contribution in [1.82, 2.24) is 9.78 Å². The number of carbonyl (C=O) groups excluding carboxylic acids is 1. The number of nitrogens with zero attached hydrogens (tertiary/aromatic N) is 2. The molecule has 0 radical (unpaired) electrons. The fraction of sp³-hybridized carbons (Fsp3) is 0.316. The molecule has 0 saturated heterocycles. The zero-order chi connectivity index (χ0) is 19.1. The van der Waals surface area contributed by atoms with Crippen LogP contribution in [0.2, 0.25) is 10.0 Å². The van der Waals surface area contributed by atoms with Gasteiger partial charge in [0.1, 0.15) is 5.02 Å². The molecule has 1 aromatic carbocycles. The standard InChI is InChI=1S/C19H17Cl2N3O3/c20-13-4-2-1-3-12(13)8-24-9-14(21)17(23-24)22-18(25)15-10-5-6-11(7-10)16(15)19(26)27/h1-6,9-11,15-16H,7-8H2,(H,26,27)(H,22,23,25)/t10-,11+,15-,16-/m0/s1. The number of hydrogen-bond donors (Lipinski definition) is 2. The third-order valence-corrected chi connectivity index (χ3v) is 5.94. The number of carboxylic acids is 1. The van der Waals surface area contributed by atoms with Gasteiger partial charge < -0.3 is 10.4 Å². The van der Waals surface area contributed by atoms with Gasteiger partial charge in [0.15, 0.2) is 5.82 Å². The van der Waals surface area contributed by atoms with Crippen LogP contribution >= 0.6 is 23.2 Å². The van der Waals surface area contributed by atoms with Gasteiger partial charge in [0.05, 0.1) is 18.4 Å². The van der Waals surface area contributed by atoms with E-state index >= 15 is 0 Å². The largest absolute Gasteiger partial charge is 0.481 e. The van der Waals surface area contributed by atoms with Crippen LogP contribution in [-0.2, 0) is 16.1 Å². The van der Waals surface area contributed by atoms with Gasteiger partial charge in [-0.3, -0.25) is 14.3 Å². The average molecular weight is 406 g/mol. The minimum Gasteiger partial charge on any atom is -0.481 e. The number of carbonyl (C=O) groups is 2. The Morgan fingerprint density at radius 3 is 2.56 bits per heavy atom. The molecular weight excluding hydrogens is 389 g/mol. The normalized spacial score (nSPS) is 25.7. The number of aliphatic carboxylic acids is 1. The quantitative estimate of drug-likeness (QED) is 0.742. The minimum absolute atomic E-state index is 0.0555. The van der Waals surface area contributed by atoms with Crippen LogP contribution in [0.15, 0.2) is 42.6 Å². The Hall–Kier alpha value is -2.31. The Morgan fingerprint density at radius 2 is 1.85 bits per heavy atom. The summed E-state index contributed by atoms with van der Waals surface area (Å²) in [7, 11) is 0. The summed E-state index contributed by atoms with van der Waals surface area (Å²) in [5.41, 5.74) is 0.875. The molecule has 6 nitrogen and oxygen atoms in total. The van der Waals surface area contributed by atoms with Crippen molar-refractivity contribution < 1.29 is 14.7 Å². The Kier molecular flexibility index (Phi) is 4.70. The van der Waals surface area contributed by atoms with E-state index in [1.165, 1.54) is 0 Å². The first-order valence-electron chi connectivity index (χ1n) is 8.62. The van der Waals surface area contributed by atoms with Crippen LogP contribution in [0.5, 0.6) is 0 Å². The van der Waals surface area contributed by atoms with Crippen molar-refractivity contribution in [3.63, 3.8) is 0 Å². The Morgan fingerprint density at radius 1 is 1.15 bits per heavy atom. The first-order valence-corrected chi connectivity index (χ1v) is 9.38. The predicted molar refractivity (Wildman–Crippen MR) is 102 cm³/mol. The number of carboxylic acid groups (broad SMARTS) is 1. The maximum atomic E-state index is 12.8. The number of fused-ring (bicyclic) bond motifs is 2. The van der Waals surface area contributed by atoms with Crippen LogP contribution in [-0.4, -0.2) is 26.8 Å². The molecule has 4 rings (SSSR count). The summed E-state index contributed by atoms with van der Waals surface area (Å²) in [5.74, 6) is -2.53. The highest BCUT2D eigenvalue weighted by Crippen LogP contribution is 2.48. The minimum atomic E-state index is -0.942. The molecule has 0 aliphatic heterocycles. The van der Waals surface area contributed by atoms with Crippen LogP contribution in [0.25, 0.3) is 0 Å². The Labute approximate surface area is 165 Å². The molecule has 2 aliphatic rings. The summed E-state index contributed by atoms with van der Waals surface area (Å²) >= 11 is 12.4. The molecule has 2 aliphatic carbocycles. The lowest BCUT2D eigenvalue weighted by atomic mass is 9.82. The second-order valence-corrected chi connectivity index (χ2v) is 7.76. The van der Waals surface area contributed by atoms with Crippen molar-refractivity contribution in [2.75, 3.05) is 5.32 Å². The summed E-state index contributed by atoms with van der Waals surface area (Å²) in [6.45, 7) is 0.407. The zero-order valence-corrected chi connectivity index (χ0v) is 15.7. The summed E-state index contributed by atoms with van der Waals surface area (Å²) in [4.78, 5) is 24.3. The Bertz CT molecular complexity index is 940. The van der Waals surface area contributed by atoms with Crippen LogP contribution in [0.1, 0.15) is 12.0 Å². The molecule has 1 amide bonds. The van der Waals surface area contributed by atoms with Gasteiger partial charge in [-0.2, -0.15) is 5.10 Å². The van der Waals surface area contributed by atoms with Crippen molar-refractivity contribution in [1.29, 1.82) is 0 Å². The number of nitrogens with one attached hydrogen (secondary N) is 1.